The van der Waals surface area contributed by atoms with Crippen LogP contribution in [0.15, 0.2) is 0 Å². The van der Waals surface area contributed by atoms with Crippen molar-refractivity contribution < 1.29 is 5.11 Å². The minimum absolute atomic E-state index is 0.115. The highest BCUT2D eigenvalue weighted by atomic mass is 16.3. The average Bonchev–Trinajstić information content (AvgIpc) is 2.11. The molecule has 0 aromatic heterocycles. The van der Waals surface area contributed by atoms with Gasteiger partial charge in [0.25, 0.3) is 0 Å². The number of aliphatic hydroxyl groups is 1. The van der Waals surface area contributed by atoms with Crippen molar-refractivity contribution in [3.05, 3.63) is 0 Å². The summed E-state index contributed by atoms with van der Waals surface area (Å²) in [5, 5.41) is 12.4. The molecule has 0 aromatic rings. The second-order valence-electron chi connectivity index (χ2n) is 3.17. The Labute approximate surface area is 75.3 Å². The highest BCUT2D eigenvalue weighted by molar-refractivity contribution is 4.58. The van der Waals surface area contributed by atoms with Crippen LogP contribution in [0.25, 0.3) is 0 Å². The van der Waals surface area contributed by atoms with Gasteiger partial charge >= 0.3 is 0 Å². The summed E-state index contributed by atoms with van der Waals surface area (Å²) in [7, 11) is 0. The number of nitrogens with one attached hydrogen (secondary N) is 1. The summed E-state index contributed by atoms with van der Waals surface area (Å²) < 4.78 is 0. The van der Waals surface area contributed by atoms with Crippen LogP contribution in [0, 0.1) is 0 Å². The molecule has 0 rings (SSSR count). The molecule has 0 heterocycles. The first-order chi connectivity index (χ1) is 5.70. The van der Waals surface area contributed by atoms with E-state index in [4.69, 9.17) is 5.73 Å². The van der Waals surface area contributed by atoms with Gasteiger partial charge in [-0.15, -0.1) is 0 Å². The molecule has 0 aliphatic rings. The zero-order valence-electron chi connectivity index (χ0n) is 8.21. The third kappa shape index (κ3) is 6.58. The first kappa shape index (κ1) is 11.9. The van der Waals surface area contributed by atoms with Gasteiger partial charge in [-0.2, -0.15) is 0 Å². The molecule has 0 bridgehead atoms. The van der Waals surface area contributed by atoms with E-state index in [2.05, 4.69) is 12.2 Å². The van der Waals surface area contributed by atoms with Gasteiger partial charge in [-0.1, -0.05) is 13.8 Å². The Bertz CT molecular complexity index is 86.5. The summed E-state index contributed by atoms with van der Waals surface area (Å²) >= 11 is 0. The van der Waals surface area contributed by atoms with Crippen LogP contribution in [0.2, 0.25) is 0 Å². The van der Waals surface area contributed by atoms with Crippen molar-refractivity contribution in [2.45, 2.75) is 51.8 Å². The Morgan fingerprint density at radius 2 is 2.00 bits per heavy atom. The maximum Gasteiger partial charge on any atom is 0.0543 e. The lowest BCUT2D eigenvalue weighted by atomic mass is 10.1. The fraction of sp³-hybridized carbons (Fsp3) is 1.00. The number of aliphatic hydroxyl groups excluding tert-OH is 1. The van der Waals surface area contributed by atoms with Crippen LogP contribution in [-0.4, -0.2) is 23.9 Å². The summed E-state index contributed by atoms with van der Waals surface area (Å²) in [5.41, 5.74) is 5.65. The van der Waals surface area contributed by atoms with Gasteiger partial charge in [0.2, 0.25) is 0 Å². The molecule has 0 aliphatic carbocycles. The quantitative estimate of drug-likeness (QED) is 0.395. The standard InChI is InChI=1S/C9H22N2O/c1-3-8(12)6-5-7-11-9(10)4-2/h8-9,11-12H,3-7,10H2,1-2H3. The molecule has 4 N–H and O–H groups in total. The average molecular weight is 174 g/mol. The first-order valence-electron chi connectivity index (χ1n) is 4.87. The lowest BCUT2D eigenvalue weighted by molar-refractivity contribution is 0.157. The van der Waals surface area contributed by atoms with Crippen molar-refractivity contribution >= 4 is 0 Å². The first-order valence-corrected chi connectivity index (χ1v) is 4.87. The van der Waals surface area contributed by atoms with Crippen molar-refractivity contribution in [2.24, 2.45) is 5.73 Å². The Morgan fingerprint density at radius 3 is 2.50 bits per heavy atom. The van der Waals surface area contributed by atoms with Crippen molar-refractivity contribution in [3.8, 4) is 0 Å². The lowest BCUT2D eigenvalue weighted by Gasteiger charge is -2.12. The highest BCUT2D eigenvalue weighted by Gasteiger charge is 2.00. The van der Waals surface area contributed by atoms with Crippen LogP contribution in [0.3, 0.4) is 0 Å². The second kappa shape index (κ2) is 7.53. The lowest BCUT2D eigenvalue weighted by Crippen LogP contribution is -2.37. The maximum atomic E-state index is 9.22. The second-order valence-corrected chi connectivity index (χ2v) is 3.17. The van der Waals surface area contributed by atoms with Gasteiger partial charge in [-0.3, -0.25) is 0 Å². The summed E-state index contributed by atoms with van der Waals surface area (Å²) in [5.74, 6) is 0. The number of nitrogens with two attached hydrogens (primary N) is 1. The van der Waals surface area contributed by atoms with Gasteiger partial charge in [0.15, 0.2) is 0 Å². The van der Waals surface area contributed by atoms with Gasteiger partial charge in [-0.25, -0.2) is 0 Å². The molecule has 2 unspecified atom stereocenters. The Kier molecular flexibility index (Phi) is 7.45. The molecule has 2 atom stereocenters. The van der Waals surface area contributed by atoms with Crippen molar-refractivity contribution in [3.63, 3.8) is 0 Å². The molecule has 0 fully saturated rings. The minimum atomic E-state index is -0.135. The number of hydrogen-bond donors (Lipinski definition) is 3. The van der Waals surface area contributed by atoms with Crippen LogP contribution >= 0.6 is 0 Å². The van der Waals surface area contributed by atoms with E-state index in [-0.39, 0.29) is 12.3 Å². The normalized spacial score (nSPS) is 16.0. The van der Waals surface area contributed by atoms with E-state index in [1.54, 1.807) is 0 Å². The summed E-state index contributed by atoms with van der Waals surface area (Å²) in [4.78, 5) is 0. The summed E-state index contributed by atoms with van der Waals surface area (Å²) in [6, 6.07) is 0. The molecule has 0 amide bonds. The van der Waals surface area contributed by atoms with Crippen molar-refractivity contribution in [1.29, 1.82) is 0 Å². The van der Waals surface area contributed by atoms with Gasteiger partial charge in [0.1, 0.15) is 0 Å². The van der Waals surface area contributed by atoms with E-state index >= 15 is 0 Å². The van der Waals surface area contributed by atoms with Crippen LogP contribution < -0.4 is 11.1 Å². The van der Waals surface area contributed by atoms with Crippen LogP contribution in [0.1, 0.15) is 39.5 Å². The van der Waals surface area contributed by atoms with Crippen LogP contribution in [0.4, 0.5) is 0 Å². The highest BCUT2D eigenvalue weighted by Crippen LogP contribution is 1.99. The van der Waals surface area contributed by atoms with Crippen molar-refractivity contribution in [2.75, 3.05) is 6.54 Å². The van der Waals surface area contributed by atoms with Crippen molar-refractivity contribution in [1.82, 2.24) is 5.32 Å². The van der Waals surface area contributed by atoms with E-state index in [0.29, 0.717) is 0 Å². The Balaban J connectivity index is 3.10. The third-order valence-electron chi connectivity index (χ3n) is 2.03. The summed E-state index contributed by atoms with van der Waals surface area (Å²) in [6.45, 7) is 4.96. The molecular weight excluding hydrogens is 152 g/mol. The number of rotatable bonds is 7. The van der Waals surface area contributed by atoms with Crippen LogP contribution in [-0.2, 0) is 0 Å². The largest absolute Gasteiger partial charge is 0.393 e. The minimum Gasteiger partial charge on any atom is -0.393 e. The number of hydrogen-bond acceptors (Lipinski definition) is 3. The summed E-state index contributed by atoms with van der Waals surface area (Å²) in [6.07, 6.45) is 3.66. The van der Waals surface area contributed by atoms with Gasteiger partial charge < -0.3 is 16.2 Å². The zero-order valence-corrected chi connectivity index (χ0v) is 8.21. The molecule has 0 radical (unpaired) electrons. The fourth-order valence-electron chi connectivity index (χ4n) is 0.974. The van der Waals surface area contributed by atoms with Gasteiger partial charge in [0.05, 0.1) is 12.3 Å². The molecule has 0 aliphatic heterocycles. The van der Waals surface area contributed by atoms with E-state index in [9.17, 15) is 5.11 Å². The zero-order chi connectivity index (χ0) is 9.40. The topological polar surface area (TPSA) is 58.3 Å². The van der Waals surface area contributed by atoms with E-state index in [0.717, 1.165) is 32.2 Å². The molecular formula is C9H22N2O. The predicted molar refractivity (Wildman–Crippen MR) is 51.8 cm³/mol. The van der Waals surface area contributed by atoms with E-state index in [1.807, 2.05) is 6.92 Å². The maximum absolute atomic E-state index is 9.22. The molecule has 0 saturated heterocycles. The molecule has 12 heavy (non-hydrogen) atoms. The SMILES string of the molecule is CCC(O)CCCNC(N)CC. The predicted octanol–water partition coefficient (Wildman–Crippen LogP) is 0.822. The molecule has 3 nitrogen and oxygen atoms in total. The molecule has 74 valence electrons. The molecule has 0 saturated carbocycles. The molecule has 0 aromatic carbocycles. The van der Waals surface area contributed by atoms with Crippen LogP contribution in [0.5, 0.6) is 0 Å². The third-order valence-corrected chi connectivity index (χ3v) is 2.03. The Morgan fingerprint density at radius 1 is 1.33 bits per heavy atom. The monoisotopic (exact) mass is 174 g/mol. The smallest absolute Gasteiger partial charge is 0.0543 e. The fourth-order valence-corrected chi connectivity index (χ4v) is 0.974. The molecule has 0 spiro atoms. The van der Waals surface area contributed by atoms with E-state index < -0.39 is 0 Å². The van der Waals surface area contributed by atoms with Gasteiger partial charge in [-0.05, 0) is 32.2 Å². The van der Waals surface area contributed by atoms with Gasteiger partial charge in [0, 0.05) is 0 Å². The van der Waals surface area contributed by atoms with E-state index in [1.165, 1.54) is 0 Å². The molecule has 3 heteroatoms. The Hall–Kier alpha value is -0.120.